The van der Waals surface area contributed by atoms with E-state index in [0.717, 1.165) is 6.42 Å². The third-order valence-corrected chi connectivity index (χ3v) is 3.27. The zero-order valence-corrected chi connectivity index (χ0v) is 7.58. The molecule has 60 valence electrons. The van der Waals surface area contributed by atoms with Crippen molar-refractivity contribution in [1.82, 2.24) is 5.32 Å². The Labute approximate surface area is 71.9 Å². The molecule has 0 amide bonds. The fourth-order valence-corrected chi connectivity index (χ4v) is 2.70. The molecule has 0 aromatic heterocycles. The van der Waals surface area contributed by atoms with Gasteiger partial charge in [-0.3, -0.25) is 0 Å². The van der Waals surface area contributed by atoms with Crippen LogP contribution in [-0.2, 0) is 0 Å². The maximum absolute atomic E-state index is 3.49. The molecule has 2 rings (SSSR count). The van der Waals surface area contributed by atoms with Crippen molar-refractivity contribution in [3.8, 4) is 0 Å². The standard InChI is InChI=1S/C9H13NS/c1-7-10-8-5-3-2-4-6-9(8)11-7/h2-3,7,10H,4-6H2,1H3. The van der Waals surface area contributed by atoms with E-state index < -0.39 is 0 Å². The van der Waals surface area contributed by atoms with Crippen molar-refractivity contribution in [3.05, 3.63) is 22.8 Å². The molecule has 0 fully saturated rings. The Hall–Kier alpha value is -0.370. The molecule has 11 heavy (non-hydrogen) atoms. The van der Waals surface area contributed by atoms with E-state index in [9.17, 15) is 0 Å². The fourth-order valence-electron chi connectivity index (χ4n) is 1.56. The van der Waals surface area contributed by atoms with Gasteiger partial charge in [0.25, 0.3) is 0 Å². The second-order valence-electron chi connectivity index (χ2n) is 3.02. The molecule has 2 heteroatoms. The lowest BCUT2D eigenvalue weighted by Crippen LogP contribution is -2.15. The van der Waals surface area contributed by atoms with Gasteiger partial charge in [0.05, 0.1) is 5.37 Å². The average Bonchev–Trinajstić information content (AvgIpc) is 2.17. The molecule has 1 heterocycles. The molecule has 1 aliphatic carbocycles. The van der Waals surface area contributed by atoms with Crippen LogP contribution in [0, 0.1) is 0 Å². The predicted molar refractivity (Wildman–Crippen MR) is 50.2 cm³/mol. The number of allylic oxidation sites excluding steroid dienone is 3. The van der Waals surface area contributed by atoms with Gasteiger partial charge in [0.15, 0.2) is 0 Å². The summed E-state index contributed by atoms with van der Waals surface area (Å²) in [6, 6.07) is 0. The summed E-state index contributed by atoms with van der Waals surface area (Å²) in [6.45, 7) is 2.23. The topological polar surface area (TPSA) is 12.0 Å². The quantitative estimate of drug-likeness (QED) is 0.557. The van der Waals surface area contributed by atoms with E-state index in [1.807, 2.05) is 11.8 Å². The number of hydrogen-bond acceptors (Lipinski definition) is 2. The second kappa shape index (κ2) is 2.94. The SMILES string of the molecule is CC1NC2=C(CCC=CC2)S1. The smallest absolute Gasteiger partial charge is 0.0735 e. The van der Waals surface area contributed by atoms with Crippen molar-refractivity contribution in [2.24, 2.45) is 0 Å². The number of rotatable bonds is 0. The van der Waals surface area contributed by atoms with E-state index in [1.54, 1.807) is 4.91 Å². The van der Waals surface area contributed by atoms with Crippen LogP contribution in [0.4, 0.5) is 0 Å². The molecule has 1 N–H and O–H groups in total. The molecule has 1 atom stereocenters. The van der Waals surface area contributed by atoms with Crippen LogP contribution in [0.25, 0.3) is 0 Å². The van der Waals surface area contributed by atoms with Gasteiger partial charge >= 0.3 is 0 Å². The summed E-state index contributed by atoms with van der Waals surface area (Å²) in [7, 11) is 0. The summed E-state index contributed by atoms with van der Waals surface area (Å²) in [6.07, 6.45) is 8.14. The van der Waals surface area contributed by atoms with Gasteiger partial charge in [0.1, 0.15) is 0 Å². The van der Waals surface area contributed by atoms with E-state index in [4.69, 9.17) is 0 Å². The highest BCUT2D eigenvalue weighted by Gasteiger charge is 2.19. The van der Waals surface area contributed by atoms with Gasteiger partial charge in [-0.2, -0.15) is 0 Å². The molecule has 0 bridgehead atoms. The van der Waals surface area contributed by atoms with Crippen molar-refractivity contribution < 1.29 is 0 Å². The number of thioether (sulfide) groups is 1. The molecule has 0 aromatic carbocycles. The van der Waals surface area contributed by atoms with Crippen LogP contribution < -0.4 is 5.32 Å². The largest absolute Gasteiger partial charge is 0.376 e. The van der Waals surface area contributed by atoms with Crippen LogP contribution in [0.2, 0.25) is 0 Å². The lowest BCUT2D eigenvalue weighted by atomic mass is 10.3. The molecule has 0 radical (unpaired) electrons. The van der Waals surface area contributed by atoms with Crippen molar-refractivity contribution in [3.63, 3.8) is 0 Å². The lowest BCUT2D eigenvalue weighted by Gasteiger charge is -2.03. The first kappa shape index (κ1) is 7.29. The highest BCUT2D eigenvalue weighted by atomic mass is 32.2. The Balaban J connectivity index is 2.14. The molecular formula is C9H13NS. The molecule has 0 spiro atoms. The van der Waals surface area contributed by atoms with Crippen LogP contribution >= 0.6 is 11.8 Å². The highest BCUT2D eigenvalue weighted by molar-refractivity contribution is 8.03. The highest BCUT2D eigenvalue weighted by Crippen LogP contribution is 2.36. The Bertz CT molecular complexity index is 218. The molecule has 0 saturated heterocycles. The Kier molecular flexibility index (Phi) is 1.95. The van der Waals surface area contributed by atoms with Crippen LogP contribution in [0.1, 0.15) is 26.2 Å². The fraction of sp³-hybridized carbons (Fsp3) is 0.556. The molecule has 0 aromatic rings. The summed E-state index contributed by atoms with van der Waals surface area (Å²) >= 11 is 1.99. The molecule has 1 nitrogen and oxygen atoms in total. The third-order valence-electron chi connectivity index (χ3n) is 2.06. The first-order valence-electron chi connectivity index (χ1n) is 4.16. The predicted octanol–water partition coefficient (Wildman–Crippen LogP) is 2.62. The summed E-state index contributed by atoms with van der Waals surface area (Å²) in [5.41, 5.74) is 1.47. The minimum absolute atomic E-state index is 0.603. The van der Waals surface area contributed by atoms with E-state index in [1.165, 1.54) is 18.5 Å². The number of nitrogens with one attached hydrogen (secondary N) is 1. The van der Waals surface area contributed by atoms with Crippen molar-refractivity contribution in [1.29, 1.82) is 0 Å². The van der Waals surface area contributed by atoms with E-state index >= 15 is 0 Å². The molecular weight excluding hydrogens is 154 g/mol. The minimum atomic E-state index is 0.603. The van der Waals surface area contributed by atoms with Crippen LogP contribution in [0.15, 0.2) is 22.8 Å². The van der Waals surface area contributed by atoms with Crippen LogP contribution in [0.3, 0.4) is 0 Å². The van der Waals surface area contributed by atoms with Gasteiger partial charge in [-0.25, -0.2) is 0 Å². The van der Waals surface area contributed by atoms with E-state index in [-0.39, 0.29) is 0 Å². The minimum Gasteiger partial charge on any atom is -0.376 e. The van der Waals surface area contributed by atoms with Crippen LogP contribution in [0.5, 0.6) is 0 Å². The summed E-state index contributed by atoms with van der Waals surface area (Å²) in [4.78, 5) is 1.59. The number of hydrogen-bond donors (Lipinski definition) is 1. The summed E-state index contributed by atoms with van der Waals surface area (Å²) in [5, 5.41) is 4.09. The first-order valence-corrected chi connectivity index (χ1v) is 5.04. The second-order valence-corrected chi connectivity index (χ2v) is 4.46. The van der Waals surface area contributed by atoms with Crippen molar-refractivity contribution in [2.45, 2.75) is 31.6 Å². The Morgan fingerprint density at radius 1 is 1.55 bits per heavy atom. The van der Waals surface area contributed by atoms with Gasteiger partial charge in [0.2, 0.25) is 0 Å². The molecule has 1 unspecified atom stereocenters. The zero-order valence-electron chi connectivity index (χ0n) is 6.76. The maximum Gasteiger partial charge on any atom is 0.0735 e. The first-order chi connectivity index (χ1) is 5.36. The van der Waals surface area contributed by atoms with E-state index in [2.05, 4.69) is 24.4 Å². The third kappa shape index (κ3) is 1.45. The zero-order chi connectivity index (χ0) is 7.68. The van der Waals surface area contributed by atoms with Gasteiger partial charge in [-0.15, -0.1) is 11.8 Å². The van der Waals surface area contributed by atoms with Gasteiger partial charge in [0, 0.05) is 17.0 Å². The van der Waals surface area contributed by atoms with E-state index in [0.29, 0.717) is 5.37 Å². The Morgan fingerprint density at radius 3 is 3.36 bits per heavy atom. The van der Waals surface area contributed by atoms with Crippen molar-refractivity contribution >= 4 is 11.8 Å². The van der Waals surface area contributed by atoms with Crippen LogP contribution in [-0.4, -0.2) is 5.37 Å². The molecule has 2 aliphatic rings. The Morgan fingerprint density at radius 2 is 2.45 bits per heavy atom. The average molecular weight is 167 g/mol. The van der Waals surface area contributed by atoms with Gasteiger partial charge in [-0.05, 0) is 19.8 Å². The van der Waals surface area contributed by atoms with Crippen molar-refractivity contribution in [2.75, 3.05) is 0 Å². The normalized spacial score (nSPS) is 29.7. The summed E-state index contributed by atoms with van der Waals surface area (Å²) in [5.74, 6) is 0. The maximum atomic E-state index is 3.49. The summed E-state index contributed by atoms with van der Waals surface area (Å²) < 4.78 is 0. The monoisotopic (exact) mass is 167 g/mol. The van der Waals surface area contributed by atoms with Gasteiger partial charge < -0.3 is 5.32 Å². The lowest BCUT2D eigenvalue weighted by molar-refractivity contribution is 0.796. The van der Waals surface area contributed by atoms with Gasteiger partial charge in [-0.1, -0.05) is 12.2 Å². The molecule has 1 aliphatic heterocycles. The molecule has 0 saturated carbocycles.